The number of rotatable bonds is 5. The first kappa shape index (κ1) is 17.8. The standard InChI is InChI=1S/C12H11N3O5.K.H/c1-18-8-6-9(19-2)15-12(14-8)20-7-4-3-5-13-10(7)11(16)17;;/h3-6H,1-2H3,(H,16,17);;/q;+1;-1. The van der Waals surface area contributed by atoms with E-state index in [1.54, 1.807) is 6.07 Å². The Kier molecular flexibility index (Phi) is 6.98. The number of ether oxygens (including phenoxy) is 3. The third kappa shape index (κ3) is 4.61. The molecule has 0 aliphatic carbocycles. The van der Waals surface area contributed by atoms with Gasteiger partial charge >= 0.3 is 63.4 Å². The molecule has 9 heteroatoms. The summed E-state index contributed by atoms with van der Waals surface area (Å²) in [7, 11) is 2.86. The molecule has 2 aromatic rings. The molecule has 8 nitrogen and oxygen atoms in total. The van der Waals surface area contributed by atoms with Gasteiger partial charge in [0.25, 0.3) is 0 Å². The molecular weight excluding hydrogens is 305 g/mol. The first-order chi connectivity index (χ1) is 9.63. The zero-order valence-electron chi connectivity index (χ0n) is 12.7. The van der Waals surface area contributed by atoms with E-state index in [0.717, 1.165) is 0 Å². The first-order valence-corrected chi connectivity index (χ1v) is 5.47. The quantitative estimate of drug-likeness (QED) is 0.664. The molecular formula is C12H12KN3O5. The summed E-state index contributed by atoms with van der Waals surface area (Å²) >= 11 is 0. The Hall–Kier alpha value is -1.26. The molecule has 21 heavy (non-hydrogen) atoms. The molecule has 0 aliphatic heterocycles. The van der Waals surface area contributed by atoms with Gasteiger partial charge < -0.3 is 20.7 Å². The smallest absolute Gasteiger partial charge is 1.00 e. The molecule has 0 fully saturated rings. The number of nitrogens with zero attached hydrogens (tertiary/aromatic N) is 3. The van der Waals surface area contributed by atoms with Crippen molar-refractivity contribution < 1.29 is 76.9 Å². The molecule has 0 aliphatic rings. The monoisotopic (exact) mass is 317 g/mol. The van der Waals surface area contributed by atoms with Crippen molar-refractivity contribution in [3.63, 3.8) is 0 Å². The molecule has 0 atom stereocenters. The van der Waals surface area contributed by atoms with Crippen LogP contribution in [0, 0.1) is 0 Å². The SMILES string of the molecule is COc1cc(OC)nc(Oc2cccnc2C(=O)O)n1.[H-].[K+]. The summed E-state index contributed by atoms with van der Waals surface area (Å²) in [6, 6.07) is 4.36. The van der Waals surface area contributed by atoms with Crippen LogP contribution in [0.5, 0.6) is 23.5 Å². The fourth-order valence-electron chi connectivity index (χ4n) is 1.37. The van der Waals surface area contributed by atoms with Crippen LogP contribution in [0.15, 0.2) is 24.4 Å². The van der Waals surface area contributed by atoms with Gasteiger partial charge in [0.2, 0.25) is 11.8 Å². The van der Waals surface area contributed by atoms with Crippen molar-refractivity contribution in [2.75, 3.05) is 14.2 Å². The minimum atomic E-state index is -1.21. The minimum Gasteiger partial charge on any atom is -1.00 e. The van der Waals surface area contributed by atoms with E-state index in [1.165, 1.54) is 32.5 Å². The van der Waals surface area contributed by atoms with Crippen LogP contribution in [0.4, 0.5) is 0 Å². The van der Waals surface area contributed by atoms with Gasteiger partial charge in [0.15, 0.2) is 11.4 Å². The van der Waals surface area contributed by atoms with Gasteiger partial charge in [-0.1, -0.05) is 0 Å². The van der Waals surface area contributed by atoms with Gasteiger partial charge in [0.05, 0.1) is 20.3 Å². The van der Waals surface area contributed by atoms with Crippen molar-refractivity contribution in [1.82, 2.24) is 15.0 Å². The summed E-state index contributed by atoms with van der Waals surface area (Å²) in [6.45, 7) is 0. The number of methoxy groups -OCH3 is 2. The summed E-state index contributed by atoms with van der Waals surface area (Å²) in [5, 5.41) is 9.01. The molecule has 0 amide bonds. The van der Waals surface area contributed by atoms with Gasteiger partial charge in [0.1, 0.15) is 0 Å². The predicted octanol–water partition coefficient (Wildman–Crippen LogP) is -1.50. The van der Waals surface area contributed by atoms with Gasteiger partial charge in [-0.15, -0.1) is 0 Å². The molecule has 0 bridgehead atoms. The molecule has 106 valence electrons. The van der Waals surface area contributed by atoms with Gasteiger partial charge in [-0.3, -0.25) is 0 Å². The van der Waals surface area contributed by atoms with Crippen LogP contribution in [-0.2, 0) is 0 Å². The number of carbonyl (C=O) groups is 1. The summed E-state index contributed by atoms with van der Waals surface area (Å²) in [6.07, 6.45) is 1.35. The van der Waals surface area contributed by atoms with E-state index in [9.17, 15) is 4.79 Å². The summed E-state index contributed by atoms with van der Waals surface area (Å²) in [5.41, 5.74) is -0.238. The zero-order valence-corrected chi connectivity index (χ0v) is 14.9. The molecule has 2 aromatic heterocycles. The fraction of sp³-hybridized carbons (Fsp3) is 0.167. The van der Waals surface area contributed by atoms with Gasteiger partial charge in [0, 0.05) is 6.20 Å². The van der Waals surface area contributed by atoms with E-state index < -0.39 is 5.97 Å². The third-order valence-electron chi connectivity index (χ3n) is 2.25. The van der Waals surface area contributed by atoms with Gasteiger partial charge in [-0.25, -0.2) is 9.78 Å². The third-order valence-corrected chi connectivity index (χ3v) is 2.25. The molecule has 0 spiro atoms. The van der Waals surface area contributed by atoms with E-state index in [1.807, 2.05) is 0 Å². The topological polar surface area (TPSA) is 104 Å². The van der Waals surface area contributed by atoms with Crippen LogP contribution >= 0.6 is 0 Å². The summed E-state index contributed by atoms with van der Waals surface area (Å²) < 4.78 is 15.3. The zero-order chi connectivity index (χ0) is 14.5. The Morgan fingerprint density at radius 2 is 1.86 bits per heavy atom. The van der Waals surface area contributed by atoms with Crippen LogP contribution < -0.4 is 65.6 Å². The molecule has 0 radical (unpaired) electrons. The van der Waals surface area contributed by atoms with Crippen LogP contribution in [0.25, 0.3) is 0 Å². The van der Waals surface area contributed by atoms with Crippen molar-refractivity contribution in [2.45, 2.75) is 0 Å². The predicted molar refractivity (Wildman–Crippen MR) is 67.5 cm³/mol. The van der Waals surface area contributed by atoms with E-state index in [2.05, 4.69) is 15.0 Å². The fourth-order valence-corrected chi connectivity index (χ4v) is 1.37. The van der Waals surface area contributed by atoms with Crippen LogP contribution in [0.3, 0.4) is 0 Å². The Morgan fingerprint density at radius 3 is 2.38 bits per heavy atom. The van der Waals surface area contributed by atoms with Crippen LogP contribution in [0.2, 0.25) is 0 Å². The molecule has 2 rings (SSSR count). The van der Waals surface area contributed by atoms with E-state index >= 15 is 0 Å². The summed E-state index contributed by atoms with van der Waals surface area (Å²) in [4.78, 5) is 22.6. The normalized spacial score (nSPS) is 9.43. The minimum absolute atomic E-state index is 0. The van der Waals surface area contributed by atoms with E-state index in [0.29, 0.717) is 0 Å². The Labute approximate surface area is 164 Å². The molecule has 0 saturated heterocycles. The Bertz CT molecular complexity index is 622. The molecule has 1 N–H and O–H groups in total. The van der Waals surface area contributed by atoms with Gasteiger partial charge in [-0.2, -0.15) is 9.97 Å². The molecule has 0 aromatic carbocycles. The molecule has 0 unspecified atom stereocenters. The maximum atomic E-state index is 11.0. The van der Waals surface area contributed by atoms with Crippen molar-refractivity contribution in [1.29, 1.82) is 0 Å². The largest absolute Gasteiger partial charge is 1.00 e. The number of hydrogen-bond acceptors (Lipinski definition) is 7. The van der Waals surface area contributed by atoms with Crippen molar-refractivity contribution in [3.8, 4) is 23.5 Å². The van der Waals surface area contributed by atoms with Crippen molar-refractivity contribution in [2.24, 2.45) is 0 Å². The van der Waals surface area contributed by atoms with E-state index in [4.69, 9.17) is 19.3 Å². The average Bonchev–Trinajstić information content (AvgIpc) is 2.47. The van der Waals surface area contributed by atoms with Crippen LogP contribution in [0.1, 0.15) is 11.9 Å². The number of hydrogen-bond donors (Lipinski definition) is 1. The second kappa shape index (κ2) is 8.25. The molecule has 2 heterocycles. The van der Waals surface area contributed by atoms with Crippen molar-refractivity contribution in [3.05, 3.63) is 30.1 Å². The number of pyridine rings is 1. The average molecular weight is 317 g/mol. The number of aromatic nitrogens is 3. The number of carboxylic acids is 1. The first-order valence-electron chi connectivity index (χ1n) is 5.47. The Balaban J connectivity index is 0.00000220. The second-order valence-corrected chi connectivity index (χ2v) is 3.49. The van der Waals surface area contributed by atoms with Crippen molar-refractivity contribution >= 4 is 5.97 Å². The number of carboxylic acid groups (broad SMARTS) is 1. The van der Waals surface area contributed by atoms with Crippen LogP contribution in [-0.4, -0.2) is 40.2 Å². The molecule has 0 saturated carbocycles. The number of aromatic carboxylic acids is 1. The maximum absolute atomic E-state index is 11.0. The second-order valence-electron chi connectivity index (χ2n) is 3.49. The maximum Gasteiger partial charge on any atom is 1.00 e. The Morgan fingerprint density at radius 1 is 1.24 bits per heavy atom. The summed E-state index contributed by atoms with van der Waals surface area (Å²) in [5.74, 6) is -0.731. The van der Waals surface area contributed by atoms with E-state index in [-0.39, 0.29) is 82.0 Å². The van der Waals surface area contributed by atoms with Gasteiger partial charge in [-0.05, 0) is 12.1 Å².